The Labute approximate surface area is 190 Å². The molecule has 33 heavy (non-hydrogen) atoms. The van der Waals surface area contributed by atoms with Gasteiger partial charge in [-0.2, -0.15) is 4.98 Å². The minimum absolute atomic E-state index is 0.00373. The Morgan fingerprint density at radius 1 is 0.909 bits per heavy atom. The van der Waals surface area contributed by atoms with Gasteiger partial charge in [-0.1, -0.05) is 18.2 Å². The van der Waals surface area contributed by atoms with Crippen LogP contribution in [0, 0.1) is 0 Å². The number of rotatable bonds is 4. The van der Waals surface area contributed by atoms with E-state index in [1.807, 2.05) is 34.1 Å². The van der Waals surface area contributed by atoms with E-state index in [0.717, 1.165) is 10.9 Å². The molecule has 2 aromatic carbocycles. The van der Waals surface area contributed by atoms with Crippen molar-refractivity contribution in [2.75, 3.05) is 51.0 Å². The van der Waals surface area contributed by atoms with Crippen LogP contribution in [0.25, 0.3) is 21.8 Å². The molecule has 1 aliphatic rings. The summed E-state index contributed by atoms with van der Waals surface area (Å²) in [5, 5.41) is 1.57. The Kier molecular flexibility index (Phi) is 5.29. The Morgan fingerprint density at radius 3 is 2.39 bits per heavy atom. The minimum atomic E-state index is 0.00373. The number of aromatic nitrogens is 3. The average molecular weight is 444 g/mol. The molecule has 9 heteroatoms. The van der Waals surface area contributed by atoms with Gasteiger partial charge in [-0.15, -0.1) is 0 Å². The van der Waals surface area contributed by atoms with Crippen molar-refractivity contribution in [2.24, 2.45) is 0 Å². The lowest BCUT2D eigenvalue weighted by Crippen LogP contribution is -2.49. The van der Waals surface area contributed by atoms with Crippen LogP contribution in [0.3, 0.4) is 0 Å². The van der Waals surface area contributed by atoms with Gasteiger partial charge in [-0.05, 0) is 18.2 Å². The summed E-state index contributed by atoms with van der Waals surface area (Å²) in [5.74, 6) is 2.06. The molecular weight excluding hydrogens is 420 g/mol. The van der Waals surface area contributed by atoms with Gasteiger partial charge in [-0.3, -0.25) is 9.78 Å². The number of hydrogen-bond acceptors (Lipinski definition) is 8. The van der Waals surface area contributed by atoms with Crippen LogP contribution in [0.2, 0.25) is 0 Å². The van der Waals surface area contributed by atoms with Crippen LogP contribution in [-0.4, -0.2) is 66.2 Å². The number of amides is 1. The molecule has 1 amide bonds. The first-order valence-corrected chi connectivity index (χ1v) is 10.7. The number of carbonyl (C=O) groups excluding carboxylic acids is 1. The van der Waals surface area contributed by atoms with Crippen LogP contribution in [0.15, 0.2) is 48.7 Å². The second kappa shape index (κ2) is 8.42. The van der Waals surface area contributed by atoms with E-state index < -0.39 is 0 Å². The molecular formula is C24H24N6O3. The van der Waals surface area contributed by atoms with Gasteiger partial charge in [0.15, 0.2) is 11.5 Å². The first-order chi connectivity index (χ1) is 16.1. The zero-order valence-electron chi connectivity index (χ0n) is 18.5. The van der Waals surface area contributed by atoms with Gasteiger partial charge in [0.1, 0.15) is 5.82 Å². The zero-order valence-corrected chi connectivity index (χ0v) is 18.5. The average Bonchev–Trinajstić information content (AvgIpc) is 2.87. The van der Waals surface area contributed by atoms with Gasteiger partial charge in [-0.25, -0.2) is 4.98 Å². The quantitative estimate of drug-likeness (QED) is 0.512. The van der Waals surface area contributed by atoms with E-state index in [4.69, 9.17) is 20.2 Å². The number of fused-ring (bicyclic) bond motifs is 2. The summed E-state index contributed by atoms with van der Waals surface area (Å²) in [6.07, 6.45) is 1.68. The number of nitrogens with zero attached hydrogens (tertiary/aromatic N) is 5. The minimum Gasteiger partial charge on any atom is -0.493 e. The lowest BCUT2D eigenvalue weighted by molar-refractivity contribution is 0.0748. The van der Waals surface area contributed by atoms with Crippen molar-refractivity contribution in [3.05, 3.63) is 54.2 Å². The summed E-state index contributed by atoms with van der Waals surface area (Å²) in [6, 6.07) is 13.0. The fourth-order valence-corrected chi connectivity index (χ4v) is 4.17. The van der Waals surface area contributed by atoms with Crippen molar-refractivity contribution in [3.63, 3.8) is 0 Å². The first kappa shape index (κ1) is 20.7. The Morgan fingerprint density at radius 2 is 1.64 bits per heavy atom. The predicted molar refractivity (Wildman–Crippen MR) is 127 cm³/mol. The highest BCUT2D eigenvalue weighted by Crippen LogP contribution is 2.34. The third-order valence-electron chi connectivity index (χ3n) is 5.95. The third-order valence-corrected chi connectivity index (χ3v) is 5.95. The van der Waals surface area contributed by atoms with Crippen LogP contribution >= 0.6 is 0 Å². The highest BCUT2D eigenvalue weighted by molar-refractivity contribution is 6.06. The van der Waals surface area contributed by atoms with Crippen molar-refractivity contribution >= 4 is 39.5 Å². The number of hydrogen-bond donors (Lipinski definition) is 1. The number of anilines is 2. The van der Waals surface area contributed by atoms with Crippen LogP contribution in [0.4, 0.5) is 11.8 Å². The molecule has 0 atom stereocenters. The number of pyridine rings is 1. The maximum atomic E-state index is 13.2. The smallest absolute Gasteiger partial charge is 0.254 e. The molecule has 0 spiro atoms. The summed E-state index contributed by atoms with van der Waals surface area (Å²) in [4.78, 5) is 30.7. The van der Waals surface area contributed by atoms with Crippen LogP contribution in [-0.2, 0) is 0 Å². The van der Waals surface area contributed by atoms with E-state index in [-0.39, 0.29) is 5.91 Å². The number of nitrogens with two attached hydrogens (primary N) is 1. The molecule has 9 nitrogen and oxygen atoms in total. The number of nitrogen functional groups attached to an aromatic ring is 1. The fraction of sp³-hybridized carbons (Fsp3) is 0.250. The Bertz CT molecular complexity index is 1350. The Hall–Kier alpha value is -4.14. The normalized spacial score (nSPS) is 14.0. The van der Waals surface area contributed by atoms with Crippen molar-refractivity contribution in [2.45, 2.75) is 0 Å². The molecule has 0 aliphatic carbocycles. The lowest BCUT2D eigenvalue weighted by atomic mass is 10.1. The molecule has 5 rings (SSSR count). The molecule has 2 aromatic heterocycles. The monoisotopic (exact) mass is 444 g/mol. The van der Waals surface area contributed by atoms with Crippen LogP contribution < -0.4 is 20.1 Å². The lowest BCUT2D eigenvalue weighted by Gasteiger charge is -2.35. The molecule has 3 heterocycles. The van der Waals surface area contributed by atoms with E-state index in [9.17, 15) is 4.79 Å². The van der Waals surface area contributed by atoms with Gasteiger partial charge >= 0.3 is 0 Å². The zero-order chi connectivity index (χ0) is 22.9. The highest BCUT2D eigenvalue weighted by atomic mass is 16.5. The van der Waals surface area contributed by atoms with Crippen molar-refractivity contribution < 1.29 is 14.3 Å². The molecule has 0 bridgehead atoms. The fourth-order valence-electron chi connectivity index (χ4n) is 4.17. The Balaban J connectivity index is 1.37. The maximum Gasteiger partial charge on any atom is 0.254 e. The van der Waals surface area contributed by atoms with Crippen molar-refractivity contribution in [1.29, 1.82) is 0 Å². The van der Waals surface area contributed by atoms with Crippen molar-refractivity contribution in [1.82, 2.24) is 19.9 Å². The molecule has 1 fully saturated rings. The predicted octanol–water partition coefficient (Wildman–Crippen LogP) is 2.74. The van der Waals surface area contributed by atoms with Gasteiger partial charge in [0.25, 0.3) is 5.91 Å². The second-order valence-electron chi connectivity index (χ2n) is 7.79. The number of para-hydroxylation sites is 1. The molecule has 0 radical (unpaired) electrons. The first-order valence-electron chi connectivity index (χ1n) is 10.7. The summed E-state index contributed by atoms with van der Waals surface area (Å²) < 4.78 is 10.7. The van der Waals surface area contributed by atoms with E-state index in [2.05, 4.69) is 9.97 Å². The molecule has 1 aliphatic heterocycles. The van der Waals surface area contributed by atoms with E-state index in [1.165, 1.54) is 0 Å². The van der Waals surface area contributed by atoms with E-state index >= 15 is 0 Å². The van der Waals surface area contributed by atoms with E-state index in [1.54, 1.807) is 38.6 Å². The summed E-state index contributed by atoms with van der Waals surface area (Å²) in [5.41, 5.74) is 8.40. The summed E-state index contributed by atoms with van der Waals surface area (Å²) in [7, 11) is 3.15. The van der Waals surface area contributed by atoms with Gasteiger partial charge in [0.2, 0.25) is 5.95 Å². The molecule has 0 saturated carbocycles. The number of benzene rings is 2. The van der Waals surface area contributed by atoms with Gasteiger partial charge < -0.3 is 25.0 Å². The van der Waals surface area contributed by atoms with Crippen LogP contribution in [0.1, 0.15) is 10.4 Å². The highest BCUT2D eigenvalue weighted by Gasteiger charge is 2.25. The number of carbonyl (C=O) groups is 1. The topological polar surface area (TPSA) is 107 Å². The summed E-state index contributed by atoms with van der Waals surface area (Å²) in [6.45, 7) is 2.32. The molecule has 2 N–H and O–H groups in total. The number of methoxy groups -OCH3 is 2. The second-order valence-corrected chi connectivity index (χ2v) is 7.79. The third kappa shape index (κ3) is 3.71. The maximum absolute atomic E-state index is 13.2. The van der Waals surface area contributed by atoms with Gasteiger partial charge in [0.05, 0.1) is 30.8 Å². The summed E-state index contributed by atoms with van der Waals surface area (Å²) >= 11 is 0. The van der Waals surface area contributed by atoms with E-state index in [0.29, 0.717) is 65.9 Å². The molecule has 1 saturated heterocycles. The SMILES string of the molecule is COc1cc2nc(N3CCN(C(=O)c4ccnc5ccccc45)CC3)nc(N)c2cc1OC. The van der Waals surface area contributed by atoms with Crippen LogP contribution in [0.5, 0.6) is 11.5 Å². The largest absolute Gasteiger partial charge is 0.493 e. The van der Waals surface area contributed by atoms with Gasteiger partial charge in [0, 0.05) is 49.2 Å². The molecule has 4 aromatic rings. The molecule has 0 unspecified atom stereocenters. The standard InChI is InChI=1S/C24H24N6O3/c1-32-20-13-17-19(14-21(20)33-2)27-24(28-22(17)25)30-11-9-29(10-12-30)23(31)16-7-8-26-18-6-4-3-5-15(16)18/h3-8,13-14H,9-12H2,1-2H3,(H2,25,27,28). The van der Waals surface area contributed by atoms with Crippen molar-refractivity contribution in [3.8, 4) is 11.5 Å². The number of ether oxygens (including phenoxy) is 2. The number of piperazine rings is 1. The molecule has 168 valence electrons.